The van der Waals surface area contributed by atoms with Gasteiger partial charge in [0.2, 0.25) is 0 Å². The molecule has 0 aliphatic carbocycles. The fourth-order valence-electron chi connectivity index (χ4n) is 2.03. The molecule has 3 rings (SSSR count). The van der Waals surface area contributed by atoms with E-state index in [0.717, 1.165) is 17.1 Å². The van der Waals surface area contributed by atoms with Crippen LogP contribution in [-0.4, -0.2) is 32.5 Å². The van der Waals surface area contributed by atoms with E-state index in [9.17, 15) is 0 Å². The van der Waals surface area contributed by atoms with Gasteiger partial charge in [-0.05, 0) is 28.1 Å². The van der Waals surface area contributed by atoms with Gasteiger partial charge in [-0.25, -0.2) is 4.68 Å². The molecule has 1 aliphatic rings. The lowest BCUT2D eigenvalue weighted by Crippen LogP contribution is -2.18. The minimum Gasteiger partial charge on any atom is -0.309 e. The summed E-state index contributed by atoms with van der Waals surface area (Å²) in [6, 6.07) is 7.60. The number of nitrogens with zero attached hydrogens (tertiary/aromatic N) is 5. The normalized spacial score (nSPS) is 18.6. The highest BCUT2D eigenvalue weighted by Gasteiger charge is 2.28. The van der Waals surface area contributed by atoms with Gasteiger partial charge in [-0.1, -0.05) is 23.7 Å². The second-order valence-corrected chi connectivity index (χ2v) is 4.52. The van der Waals surface area contributed by atoms with Crippen molar-refractivity contribution in [2.24, 2.45) is 12.1 Å². The van der Waals surface area contributed by atoms with E-state index in [4.69, 9.17) is 11.6 Å². The van der Waals surface area contributed by atoms with Crippen LogP contribution in [0.2, 0.25) is 5.02 Å². The van der Waals surface area contributed by atoms with E-state index in [1.54, 1.807) is 4.68 Å². The Kier molecular flexibility index (Phi) is 2.71. The largest absolute Gasteiger partial charge is 0.309 e. The van der Waals surface area contributed by atoms with Crippen LogP contribution in [0.1, 0.15) is 17.3 Å². The minimum absolute atomic E-state index is 0.0613. The summed E-state index contributed by atoms with van der Waals surface area (Å²) in [5, 5.41) is 16.6. The zero-order chi connectivity index (χ0) is 12.5. The highest BCUT2D eigenvalue weighted by Crippen LogP contribution is 2.23. The van der Waals surface area contributed by atoms with Gasteiger partial charge in [0.1, 0.15) is 0 Å². The molecule has 0 saturated carbocycles. The average molecular weight is 263 g/mol. The predicted molar refractivity (Wildman–Crippen MR) is 67.5 cm³/mol. The molecule has 6 nitrogen and oxygen atoms in total. The van der Waals surface area contributed by atoms with E-state index >= 15 is 0 Å². The van der Waals surface area contributed by atoms with Crippen LogP contribution in [0.3, 0.4) is 0 Å². The molecular formula is C11H11ClN6. The maximum absolute atomic E-state index is 5.89. The first kappa shape index (κ1) is 11.2. The standard InChI is InChI=1S/C11H11ClN6/c1-18-11(15-16-17-18)9-6-13-14-10(9)7-2-4-8(12)5-3-7/h2-5,9,13H,6H2,1H3. The number of aromatic nitrogens is 4. The molecule has 1 aliphatic heterocycles. The smallest absolute Gasteiger partial charge is 0.161 e. The Morgan fingerprint density at radius 3 is 2.78 bits per heavy atom. The molecule has 2 heterocycles. The molecule has 2 aromatic rings. The summed E-state index contributed by atoms with van der Waals surface area (Å²) in [5.74, 6) is 0.861. The Morgan fingerprint density at radius 1 is 1.33 bits per heavy atom. The molecule has 92 valence electrons. The number of halogens is 1. The first-order chi connectivity index (χ1) is 8.75. The highest BCUT2D eigenvalue weighted by atomic mass is 35.5. The van der Waals surface area contributed by atoms with Gasteiger partial charge in [0.25, 0.3) is 0 Å². The third-order valence-corrected chi connectivity index (χ3v) is 3.18. The lowest BCUT2D eigenvalue weighted by atomic mass is 9.97. The summed E-state index contributed by atoms with van der Waals surface area (Å²) in [7, 11) is 1.83. The van der Waals surface area contributed by atoms with E-state index in [1.165, 1.54) is 0 Å². The van der Waals surface area contributed by atoms with Crippen LogP contribution in [0, 0.1) is 0 Å². The van der Waals surface area contributed by atoms with Gasteiger partial charge in [0.05, 0.1) is 11.6 Å². The number of aryl methyl sites for hydroxylation is 1. The highest BCUT2D eigenvalue weighted by molar-refractivity contribution is 6.30. The van der Waals surface area contributed by atoms with Gasteiger partial charge in [-0.2, -0.15) is 5.10 Å². The zero-order valence-electron chi connectivity index (χ0n) is 9.71. The third kappa shape index (κ3) is 1.84. The van der Waals surface area contributed by atoms with Crippen LogP contribution in [0.5, 0.6) is 0 Å². The average Bonchev–Trinajstić information content (AvgIpc) is 2.98. The van der Waals surface area contributed by atoms with Crippen molar-refractivity contribution in [2.75, 3.05) is 6.54 Å². The minimum atomic E-state index is 0.0613. The molecule has 0 fully saturated rings. The summed E-state index contributed by atoms with van der Waals surface area (Å²) in [6.45, 7) is 0.701. The number of hydrazone groups is 1. The molecule has 0 radical (unpaired) electrons. The van der Waals surface area contributed by atoms with Gasteiger partial charge in [-0.3, -0.25) is 0 Å². The number of rotatable bonds is 2. The summed E-state index contributed by atoms with van der Waals surface area (Å²) < 4.78 is 1.67. The number of tetrazole rings is 1. The fraction of sp³-hybridized carbons (Fsp3) is 0.273. The topological polar surface area (TPSA) is 68.0 Å². The second-order valence-electron chi connectivity index (χ2n) is 4.08. The van der Waals surface area contributed by atoms with E-state index in [-0.39, 0.29) is 5.92 Å². The Balaban J connectivity index is 1.97. The van der Waals surface area contributed by atoms with Crippen molar-refractivity contribution >= 4 is 17.3 Å². The summed E-state index contributed by atoms with van der Waals surface area (Å²) in [5.41, 5.74) is 4.96. The molecule has 0 saturated heterocycles. The molecule has 1 unspecified atom stereocenters. The quantitative estimate of drug-likeness (QED) is 0.875. The van der Waals surface area contributed by atoms with Crippen molar-refractivity contribution in [1.82, 2.24) is 25.6 Å². The molecule has 1 atom stereocenters. The second kappa shape index (κ2) is 4.38. The lowest BCUT2D eigenvalue weighted by molar-refractivity contribution is 0.649. The summed E-state index contributed by atoms with van der Waals surface area (Å²) in [6.07, 6.45) is 0. The van der Waals surface area contributed by atoms with Crippen LogP contribution in [0.15, 0.2) is 29.4 Å². The number of hydrogen-bond acceptors (Lipinski definition) is 5. The fourth-order valence-corrected chi connectivity index (χ4v) is 2.15. The third-order valence-electron chi connectivity index (χ3n) is 2.93. The molecule has 0 bridgehead atoms. The molecule has 1 aromatic heterocycles. The maximum atomic E-state index is 5.89. The van der Waals surface area contributed by atoms with E-state index in [2.05, 4.69) is 26.1 Å². The Morgan fingerprint density at radius 2 is 2.11 bits per heavy atom. The summed E-state index contributed by atoms with van der Waals surface area (Å²) >= 11 is 5.89. The first-order valence-electron chi connectivity index (χ1n) is 5.54. The van der Waals surface area contributed by atoms with Gasteiger partial charge >= 0.3 is 0 Å². The van der Waals surface area contributed by atoms with Crippen LogP contribution in [-0.2, 0) is 7.05 Å². The predicted octanol–water partition coefficient (Wildman–Crippen LogP) is 0.955. The molecule has 1 aromatic carbocycles. The monoisotopic (exact) mass is 262 g/mol. The Bertz CT molecular complexity index is 588. The van der Waals surface area contributed by atoms with Crippen LogP contribution in [0.25, 0.3) is 0 Å². The number of benzene rings is 1. The Hall–Kier alpha value is -1.95. The molecule has 0 amide bonds. The van der Waals surface area contributed by atoms with Gasteiger partial charge in [-0.15, -0.1) is 5.10 Å². The number of nitrogens with one attached hydrogen (secondary N) is 1. The lowest BCUT2D eigenvalue weighted by Gasteiger charge is -2.10. The van der Waals surface area contributed by atoms with E-state index in [1.807, 2.05) is 31.3 Å². The molecule has 7 heteroatoms. The van der Waals surface area contributed by atoms with Crippen molar-refractivity contribution in [3.63, 3.8) is 0 Å². The van der Waals surface area contributed by atoms with Gasteiger partial charge < -0.3 is 5.43 Å². The van der Waals surface area contributed by atoms with Crippen molar-refractivity contribution in [3.8, 4) is 0 Å². The van der Waals surface area contributed by atoms with Crippen molar-refractivity contribution in [3.05, 3.63) is 40.7 Å². The van der Waals surface area contributed by atoms with E-state index in [0.29, 0.717) is 11.6 Å². The maximum Gasteiger partial charge on any atom is 0.161 e. The molecule has 0 spiro atoms. The van der Waals surface area contributed by atoms with Crippen LogP contribution < -0.4 is 5.43 Å². The van der Waals surface area contributed by atoms with Crippen molar-refractivity contribution in [1.29, 1.82) is 0 Å². The SMILES string of the molecule is Cn1nnnc1C1CNN=C1c1ccc(Cl)cc1. The van der Waals surface area contributed by atoms with Crippen LogP contribution in [0.4, 0.5) is 0 Å². The van der Waals surface area contributed by atoms with Gasteiger partial charge in [0.15, 0.2) is 5.82 Å². The number of hydrogen-bond donors (Lipinski definition) is 1. The van der Waals surface area contributed by atoms with Crippen LogP contribution >= 0.6 is 11.6 Å². The van der Waals surface area contributed by atoms with Crippen molar-refractivity contribution in [2.45, 2.75) is 5.92 Å². The molecule has 18 heavy (non-hydrogen) atoms. The zero-order valence-corrected chi connectivity index (χ0v) is 10.5. The molecule has 1 N–H and O–H groups in total. The summed E-state index contributed by atoms with van der Waals surface area (Å²) in [4.78, 5) is 0. The first-order valence-corrected chi connectivity index (χ1v) is 5.92. The van der Waals surface area contributed by atoms with Crippen molar-refractivity contribution < 1.29 is 0 Å². The van der Waals surface area contributed by atoms with E-state index < -0.39 is 0 Å². The Labute approximate surface area is 109 Å². The molecular weight excluding hydrogens is 252 g/mol. The van der Waals surface area contributed by atoms with Gasteiger partial charge in [0, 0.05) is 18.6 Å².